The highest BCUT2D eigenvalue weighted by Gasteiger charge is 2.42. The summed E-state index contributed by atoms with van der Waals surface area (Å²) < 4.78 is 48.6. The van der Waals surface area contributed by atoms with Crippen LogP contribution < -0.4 is 9.47 Å². The largest absolute Gasteiger partial charge is 0.573 e. The van der Waals surface area contributed by atoms with Gasteiger partial charge >= 0.3 is 18.2 Å². The standard InChI is InChI=1S/C22H20F3N5O4/c1-21(13-29-11-19(30(31)32)27-20(29)34-21)12-28-9-8-18-15(10-28)4-7-17(26-18)14-2-5-16(6-3-14)33-22(23,24)25/h2-7,11H,8-10,12-13H2,1H3. The quantitative estimate of drug-likeness (QED) is 0.407. The second kappa shape index (κ2) is 7.97. The van der Waals surface area contributed by atoms with E-state index in [-0.39, 0.29) is 17.6 Å². The van der Waals surface area contributed by atoms with E-state index in [9.17, 15) is 23.3 Å². The number of rotatable bonds is 5. The monoisotopic (exact) mass is 475 g/mol. The van der Waals surface area contributed by atoms with Crippen molar-refractivity contribution in [3.63, 3.8) is 0 Å². The zero-order chi connectivity index (χ0) is 24.1. The molecule has 2 aliphatic heterocycles. The summed E-state index contributed by atoms with van der Waals surface area (Å²) in [5.74, 6) is -0.502. The zero-order valence-electron chi connectivity index (χ0n) is 18.1. The smallest absolute Gasteiger partial charge is 0.436 e. The van der Waals surface area contributed by atoms with E-state index in [0.717, 1.165) is 17.8 Å². The van der Waals surface area contributed by atoms with Crippen LogP contribution in [0.4, 0.5) is 19.0 Å². The first-order valence-corrected chi connectivity index (χ1v) is 10.5. The molecule has 0 bridgehead atoms. The number of fused-ring (bicyclic) bond motifs is 2. The van der Waals surface area contributed by atoms with Gasteiger partial charge in [-0.1, -0.05) is 6.07 Å². The van der Waals surface area contributed by atoms with E-state index < -0.39 is 16.9 Å². The molecule has 0 spiro atoms. The third-order valence-corrected chi connectivity index (χ3v) is 5.83. The number of aromatic nitrogens is 3. The minimum atomic E-state index is -4.73. The van der Waals surface area contributed by atoms with Crippen molar-refractivity contribution in [1.82, 2.24) is 19.4 Å². The van der Waals surface area contributed by atoms with Gasteiger partial charge in [-0.25, -0.2) is 0 Å². The normalized spacial score (nSPS) is 19.9. The number of benzene rings is 1. The van der Waals surface area contributed by atoms with E-state index in [1.165, 1.54) is 18.3 Å². The van der Waals surface area contributed by atoms with Gasteiger partial charge in [0.1, 0.15) is 17.5 Å². The lowest BCUT2D eigenvalue weighted by Crippen LogP contribution is -2.46. The average Bonchev–Trinajstić information content (AvgIpc) is 3.28. The molecule has 0 amide bonds. The molecule has 0 saturated carbocycles. The van der Waals surface area contributed by atoms with Gasteiger partial charge in [0, 0.05) is 42.3 Å². The van der Waals surface area contributed by atoms with Crippen molar-refractivity contribution in [2.75, 3.05) is 13.1 Å². The predicted octanol–water partition coefficient (Wildman–Crippen LogP) is 3.96. The van der Waals surface area contributed by atoms with Gasteiger partial charge in [0.2, 0.25) is 0 Å². The molecule has 178 valence electrons. The molecule has 5 rings (SSSR count). The molecular formula is C22H20F3N5O4. The van der Waals surface area contributed by atoms with Crippen LogP contribution in [0.25, 0.3) is 11.3 Å². The topological polar surface area (TPSA) is 95.6 Å². The van der Waals surface area contributed by atoms with Crippen LogP contribution in [0.1, 0.15) is 18.2 Å². The summed E-state index contributed by atoms with van der Waals surface area (Å²) in [7, 11) is 0. The number of hydrogen-bond acceptors (Lipinski definition) is 7. The van der Waals surface area contributed by atoms with Crippen LogP contribution in [0.3, 0.4) is 0 Å². The highest BCUT2D eigenvalue weighted by molar-refractivity contribution is 5.60. The Morgan fingerprint density at radius 3 is 2.65 bits per heavy atom. The Balaban J connectivity index is 1.24. The average molecular weight is 475 g/mol. The first-order chi connectivity index (χ1) is 16.1. The van der Waals surface area contributed by atoms with Crippen molar-refractivity contribution in [2.24, 2.45) is 0 Å². The van der Waals surface area contributed by atoms with Gasteiger partial charge in [-0.2, -0.15) is 0 Å². The van der Waals surface area contributed by atoms with Crippen LogP contribution in [0, 0.1) is 10.1 Å². The lowest BCUT2D eigenvalue weighted by molar-refractivity contribution is -0.389. The van der Waals surface area contributed by atoms with Crippen molar-refractivity contribution in [3.8, 4) is 23.0 Å². The van der Waals surface area contributed by atoms with E-state index in [1.807, 2.05) is 19.1 Å². The molecule has 0 saturated heterocycles. The minimum absolute atomic E-state index is 0.228. The lowest BCUT2D eigenvalue weighted by Gasteiger charge is -2.34. The molecule has 3 aromatic rings. The summed E-state index contributed by atoms with van der Waals surface area (Å²) in [6.45, 7) is 4.46. The van der Waals surface area contributed by atoms with Crippen molar-refractivity contribution < 1.29 is 27.6 Å². The zero-order valence-corrected chi connectivity index (χ0v) is 18.1. The van der Waals surface area contributed by atoms with Crippen molar-refractivity contribution in [1.29, 1.82) is 0 Å². The summed E-state index contributed by atoms with van der Waals surface area (Å²) in [4.78, 5) is 21.2. The molecular weight excluding hydrogens is 455 g/mol. The number of alkyl halides is 3. The highest BCUT2D eigenvalue weighted by atomic mass is 19.4. The van der Waals surface area contributed by atoms with Crippen molar-refractivity contribution in [2.45, 2.75) is 38.4 Å². The second-order valence-electron chi connectivity index (χ2n) is 8.65. The molecule has 1 aromatic carbocycles. The van der Waals surface area contributed by atoms with Crippen LogP contribution in [-0.2, 0) is 19.5 Å². The molecule has 0 radical (unpaired) electrons. The summed E-state index contributed by atoms with van der Waals surface area (Å²) in [5, 5.41) is 10.9. The third-order valence-electron chi connectivity index (χ3n) is 5.83. The summed E-state index contributed by atoms with van der Waals surface area (Å²) >= 11 is 0. The minimum Gasteiger partial charge on any atom is -0.436 e. The van der Waals surface area contributed by atoms with Crippen molar-refractivity contribution in [3.05, 3.63) is 64.0 Å². The highest BCUT2D eigenvalue weighted by Crippen LogP contribution is 2.33. The van der Waals surface area contributed by atoms with E-state index in [4.69, 9.17) is 9.72 Å². The van der Waals surface area contributed by atoms with E-state index in [1.54, 1.807) is 16.7 Å². The number of nitrogens with zero attached hydrogens (tertiary/aromatic N) is 5. The van der Waals surface area contributed by atoms with E-state index in [0.29, 0.717) is 37.3 Å². The Hall–Kier alpha value is -3.67. The Bertz CT molecular complexity index is 1220. The van der Waals surface area contributed by atoms with E-state index in [2.05, 4.69) is 14.6 Å². The van der Waals surface area contributed by atoms with Gasteiger partial charge < -0.3 is 19.6 Å². The fraction of sp³-hybridized carbons (Fsp3) is 0.364. The van der Waals surface area contributed by atoms with Gasteiger partial charge in [0.25, 0.3) is 0 Å². The van der Waals surface area contributed by atoms with Crippen LogP contribution in [0.15, 0.2) is 42.6 Å². The fourth-order valence-electron chi connectivity index (χ4n) is 4.43. The molecule has 2 aliphatic rings. The van der Waals surface area contributed by atoms with Gasteiger partial charge in [-0.3, -0.25) is 14.5 Å². The Morgan fingerprint density at radius 1 is 1.21 bits per heavy atom. The molecule has 12 heteroatoms. The number of ether oxygens (including phenoxy) is 2. The van der Waals surface area contributed by atoms with Gasteiger partial charge in [0.05, 0.1) is 12.2 Å². The van der Waals surface area contributed by atoms with Gasteiger partial charge in [-0.15, -0.1) is 13.2 Å². The maximum Gasteiger partial charge on any atom is 0.573 e. The SMILES string of the molecule is CC1(CN2CCc3nc(-c4ccc(OC(F)(F)F)cc4)ccc3C2)Cn2cc([N+](=O)[O-])nc2O1. The molecule has 34 heavy (non-hydrogen) atoms. The van der Waals surface area contributed by atoms with Gasteiger partial charge in [0.15, 0.2) is 0 Å². The number of halogens is 3. The summed E-state index contributed by atoms with van der Waals surface area (Å²) in [5.41, 5.74) is 2.86. The molecule has 0 N–H and O–H groups in total. The fourth-order valence-corrected chi connectivity index (χ4v) is 4.43. The number of hydrogen-bond donors (Lipinski definition) is 0. The molecule has 1 atom stereocenters. The maximum atomic E-state index is 12.4. The molecule has 1 unspecified atom stereocenters. The first-order valence-electron chi connectivity index (χ1n) is 10.5. The van der Waals surface area contributed by atoms with Crippen LogP contribution >= 0.6 is 0 Å². The Labute approximate surface area is 191 Å². The summed E-state index contributed by atoms with van der Waals surface area (Å²) in [6, 6.07) is 9.74. The summed E-state index contributed by atoms with van der Waals surface area (Å²) in [6.07, 6.45) is -2.62. The second-order valence-corrected chi connectivity index (χ2v) is 8.65. The lowest BCUT2D eigenvalue weighted by atomic mass is 10.0. The molecule has 0 fully saturated rings. The van der Waals surface area contributed by atoms with Gasteiger partial charge in [-0.05, 0) is 47.7 Å². The van der Waals surface area contributed by atoms with E-state index >= 15 is 0 Å². The van der Waals surface area contributed by atoms with Crippen LogP contribution in [0.5, 0.6) is 11.8 Å². The molecule has 0 aliphatic carbocycles. The maximum absolute atomic E-state index is 12.4. The predicted molar refractivity (Wildman–Crippen MR) is 113 cm³/mol. The van der Waals surface area contributed by atoms with Crippen LogP contribution in [0.2, 0.25) is 0 Å². The first kappa shape index (κ1) is 22.1. The molecule has 2 aromatic heterocycles. The number of nitro groups is 1. The number of pyridine rings is 1. The Kier molecular flexibility index (Phi) is 5.19. The Morgan fingerprint density at radius 2 is 1.97 bits per heavy atom. The molecule has 9 nitrogen and oxygen atoms in total. The van der Waals surface area contributed by atoms with Crippen molar-refractivity contribution >= 4 is 5.82 Å². The third kappa shape index (κ3) is 4.53. The molecule has 4 heterocycles. The van der Waals surface area contributed by atoms with Crippen LogP contribution in [-0.4, -0.2) is 49.4 Å². The number of imidazole rings is 1.